The van der Waals surface area contributed by atoms with Crippen molar-refractivity contribution in [3.05, 3.63) is 18.2 Å². The summed E-state index contributed by atoms with van der Waals surface area (Å²) in [6, 6.07) is 4.57. The van der Waals surface area contributed by atoms with Crippen molar-refractivity contribution in [2.24, 2.45) is 5.92 Å². The van der Waals surface area contributed by atoms with Gasteiger partial charge in [-0.25, -0.2) is 8.42 Å². The fourth-order valence-electron chi connectivity index (χ4n) is 2.20. The summed E-state index contributed by atoms with van der Waals surface area (Å²) in [6.07, 6.45) is 0.702. The van der Waals surface area contributed by atoms with E-state index in [4.69, 9.17) is 4.74 Å². The van der Waals surface area contributed by atoms with E-state index in [0.717, 1.165) is 0 Å². The van der Waals surface area contributed by atoms with Crippen LogP contribution in [0.4, 0.5) is 5.69 Å². The Hall–Kier alpha value is -1.60. The minimum atomic E-state index is -3.59. The van der Waals surface area contributed by atoms with Crippen molar-refractivity contribution < 1.29 is 17.9 Å². The van der Waals surface area contributed by atoms with Gasteiger partial charge in [0.25, 0.3) is 0 Å². The maximum Gasteiger partial charge on any atom is 0.243 e. The number of carbonyl (C=O) groups is 1. The van der Waals surface area contributed by atoms with Crippen LogP contribution >= 0.6 is 0 Å². The van der Waals surface area contributed by atoms with Gasteiger partial charge in [0, 0.05) is 19.0 Å². The van der Waals surface area contributed by atoms with E-state index in [2.05, 4.69) is 5.32 Å². The summed E-state index contributed by atoms with van der Waals surface area (Å²) in [6.45, 7) is 10.4. The van der Waals surface area contributed by atoms with Crippen molar-refractivity contribution in [3.63, 3.8) is 0 Å². The molecule has 7 heteroatoms. The van der Waals surface area contributed by atoms with Gasteiger partial charge in [-0.3, -0.25) is 4.79 Å². The van der Waals surface area contributed by atoms with Gasteiger partial charge >= 0.3 is 0 Å². The van der Waals surface area contributed by atoms with Gasteiger partial charge in [-0.05, 0) is 31.5 Å². The summed E-state index contributed by atoms with van der Waals surface area (Å²) in [5, 5.41) is 2.79. The van der Waals surface area contributed by atoms with E-state index in [1.807, 2.05) is 20.8 Å². The molecule has 136 valence electrons. The third-order valence-corrected chi connectivity index (χ3v) is 5.96. The van der Waals surface area contributed by atoms with Gasteiger partial charge in [0.05, 0.1) is 17.2 Å². The number of sulfonamides is 1. The molecule has 0 aliphatic rings. The Morgan fingerprint density at radius 2 is 1.83 bits per heavy atom. The highest BCUT2D eigenvalue weighted by Gasteiger charge is 2.23. The van der Waals surface area contributed by atoms with E-state index >= 15 is 0 Å². The van der Waals surface area contributed by atoms with Gasteiger partial charge in [-0.15, -0.1) is 0 Å². The normalized spacial score (nSPS) is 12.9. The first-order valence-corrected chi connectivity index (χ1v) is 9.83. The van der Waals surface area contributed by atoms with Gasteiger partial charge in [0.15, 0.2) is 0 Å². The number of nitrogens with one attached hydrogen (secondary N) is 1. The second-order valence-electron chi connectivity index (χ2n) is 5.48. The van der Waals surface area contributed by atoms with Crippen LogP contribution in [0.15, 0.2) is 23.1 Å². The van der Waals surface area contributed by atoms with Crippen LogP contribution in [0, 0.1) is 5.92 Å². The molecule has 1 aromatic carbocycles. The van der Waals surface area contributed by atoms with Gasteiger partial charge < -0.3 is 10.1 Å². The molecule has 0 bridgehead atoms. The molecule has 0 spiro atoms. The zero-order valence-corrected chi connectivity index (χ0v) is 15.9. The lowest BCUT2D eigenvalue weighted by Crippen LogP contribution is -2.30. The number of benzene rings is 1. The average Bonchev–Trinajstić information content (AvgIpc) is 2.56. The van der Waals surface area contributed by atoms with Gasteiger partial charge in [0.1, 0.15) is 5.75 Å². The molecule has 0 saturated carbocycles. The number of anilines is 1. The minimum Gasteiger partial charge on any atom is -0.492 e. The SMILES string of the molecule is CCOc1ccc(S(=O)(=O)N(CC)CC)cc1NC(=O)C(C)CC. The highest BCUT2D eigenvalue weighted by atomic mass is 32.2. The number of hydrogen-bond donors (Lipinski definition) is 1. The van der Waals surface area contributed by atoms with Crippen LogP contribution in [0.1, 0.15) is 41.0 Å². The molecule has 0 saturated heterocycles. The molecule has 0 aromatic heterocycles. The van der Waals surface area contributed by atoms with Crippen molar-refractivity contribution in [1.29, 1.82) is 0 Å². The fraction of sp³-hybridized carbons (Fsp3) is 0.588. The molecule has 0 fully saturated rings. The lowest BCUT2D eigenvalue weighted by molar-refractivity contribution is -0.119. The highest BCUT2D eigenvalue weighted by molar-refractivity contribution is 7.89. The van der Waals surface area contributed by atoms with E-state index in [-0.39, 0.29) is 16.7 Å². The standard InChI is InChI=1S/C17H28N2O4S/c1-6-13(5)17(20)18-15-12-14(10-11-16(15)23-9-4)24(21,22)19(7-2)8-3/h10-13H,6-9H2,1-5H3,(H,18,20). The predicted molar refractivity (Wildman–Crippen MR) is 95.8 cm³/mol. The number of hydrogen-bond acceptors (Lipinski definition) is 4. The molecular formula is C17H28N2O4S. The van der Waals surface area contributed by atoms with E-state index in [9.17, 15) is 13.2 Å². The summed E-state index contributed by atoms with van der Waals surface area (Å²) in [4.78, 5) is 12.3. The zero-order chi connectivity index (χ0) is 18.3. The van der Waals surface area contributed by atoms with Crippen LogP contribution in [0.25, 0.3) is 0 Å². The second kappa shape index (κ2) is 9.03. The largest absolute Gasteiger partial charge is 0.492 e. The van der Waals surface area contributed by atoms with Crippen molar-refractivity contribution in [1.82, 2.24) is 4.31 Å². The zero-order valence-electron chi connectivity index (χ0n) is 15.1. The van der Waals surface area contributed by atoms with Crippen LogP contribution in [-0.2, 0) is 14.8 Å². The van der Waals surface area contributed by atoms with E-state index in [1.54, 1.807) is 19.9 Å². The molecule has 0 aliphatic heterocycles. The first-order valence-electron chi connectivity index (χ1n) is 8.39. The fourth-order valence-corrected chi connectivity index (χ4v) is 3.69. The first-order chi connectivity index (χ1) is 11.3. The Balaban J connectivity index is 3.28. The first kappa shape index (κ1) is 20.4. The topological polar surface area (TPSA) is 75.7 Å². The smallest absolute Gasteiger partial charge is 0.243 e. The Morgan fingerprint density at radius 1 is 1.21 bits per heavy atom. The molecule has 1 amide bonds. The molecule has 24 heavy (non-hydrogen) atoms. The van der Waals surface area contributed by atoms with Crippen LogP contribution < -0.4 is 10.1 Å². The van der Waals surface area contributed by atoms with E-state index in [1.165, 1.54) is 16.4 Å². The molecule has 1 unspecified atom stereocenters. The number of carbonyl (C=O) groups excluding carboxylic acids is 1. The lowest BCUT2D eigenvalue weighted by Gasteiger charge is -2.20. The molecule has 6 nitrogen and oxygen atoms in total. The molecule has 1 rings (SSSR count). The average molecular weight is 356 g/mol. The Labute approximate surface area is 145 Å². The number of nitrogens with zero attached hydrogens (tertiary/aromatic N) is 1. The molecule has 1 aromatic rings. The molecule has 0 heterocycles. The number of amides is 1. The van der Waals surface area contributed by atoms with Gasteiger partial charge in [-0.2, -0.15) is 4.31 Å². The van der Waals surface area contributed by atoms with Gasteiger partial charge in [-0.1, -0.05) is 27.7 Å². The number of ether oxygens (including phenoxy) is 1. The Morgan fingerprint density at radius 3 is 2.33 bits per heavy atom. The second-order valence-corrected chi connectivity index (χ2v) is 7.42. The van der Waals surface area contributed by atoms with Crippen molar-refractivity contribution >= 4 is 21.6 Å². The van der Waals surface area contributed by atoms with Crippen LogP contribution in [-0.4, -0.2) is 38.3 Å². The number of rotatable bonds is 9. The molecule has 0 aliphatic carbocycles. The van der Waals surface area contributed by atoms with E-state index in [0.29, 0.717) is 37.6 Å². The molecular weight excluding hydrogens is 328 g/mol. The summed E-state index contributed by atoms with van der Waals surface area (Å²) in [7, 11) is -3.59. The van der Waals surface area contributed by atoms with Crippen molar-refractivity contribution in [3.8, 4) is 5.75 Å². The highest BCUT2D eigenvalue weighted by Crippen LogP contribution is 2.29. The lowest BCUT2D eigenvalue weighted by atomic mass is 10.1. The Kier molecular flexibility index (Phi) is 7.69. The minimum absolute atomic E-state index is 0.147. The summed E-state index contributed by atoms with van der Waals surface area (Å²) >= 11 is 0. The van der Waals surface area contributed by atoms with Crippen molar-refractivity contribution in [2.45, 2.75) is 45.9 Å². The maximum absolute atomic E-state index is 12.7. The van der Waals surface area contributed by atoms with E-state index < -0.39 is 10.0 Å². The third kappa shape index (κ3) is 4.70. The molecule has 1 N–H and O–H groups in total. The van der Waals surface area contributed by atoms with Crippen LogP contribution in [0.5, 0.6) is 5.75 Å². The molecule has 1 atom stereocenters. The summed E-state index contributed by atoms with van der Waals surface area (Å²) in [5.74, 6) is 0.144. The van der Waals surface area contributed by atoms with Crippen LogP contribution in [0.3, 0.4) is 0 Å². The van der Waals surface area contributed by atoms with Crippen molar-refractivity contribution in [2.75, 3.05) is 25.0 Å². The summed E-state index contributed by atoms with van der Waals surface area (Å²) < 4.78 is 32.2. The van der Waals surface area contributed by atoms with Crippen LogP contribution in [0.2, 0.25) is 0 Å². The third-order valence-electron chi connectivity index (χ3n) is 3.91. The quantitative estimate of drug-likeness (QED) is 0.738. The monoisotopic (exact) mass is 356 g/mol. The maximum atomic E-state index is 12.7. The van der Waals surface area contributed by atoms with Gasteiger partial charge in [0.2, 0.25) is 15.9 Å². The predicted octanol–water partition coefficient (Wildman–Crippen LogP) is 3.10. The molecule has 0 radical (unpaired) electrons. The summed E-state index contributed by atoms with van der Waals surface area (Å²) in [5.41, 5.74) is 0.385. The Bertz CT molecular complexity index is 655.